The van der Waals surface area contributed by atoms with Crippen LogP contribution < -0.4 is 15.8 Å². The molecule has 1 aromatic heterocycles. The highest BCUT2D eigenvalue weighted by molar-refractivity contribution is 5.76. The Morgan fingerprint density at radius 2 is 1.86 bits per heavy atom. The maximum atomic E-state index is 4.73. The van der Waals surface area contributed by atoms with Crippen LogP contribution in [0.4, 0.5) is 5.69 Å². The first-order chi connectivity index (χ1) is 10.7. The van der Waals surface area contributed by atoms with E-state index < -0.39 is 0 Å². The van der Waals surface area contributed by atoms with Crippen molar-refractivity contribution in [2.75, 3.05) is 19.0 Å². The topological polar surface area (TPSA) is 45.1 Å². The van der Waals surface area contributed by atoms with Crippen molar-refractivity contribution >= 4 is 16.7 Å². The van der Waals surface area contributed by atoms with Crippen LogP contribution in [0.5, 0.6) is 0 Å². The van der Waals surface area contributed by atoms with Gasteiger partial charge in [0, 0.05) is 19.8 Å². The van der Waals surface area contributed by atoms with Crippen molar-refractivity contribution in [1.29, 1.82) is 0 Å². The van der Waals surface area contributed by atoms with E-state index in [9.17, 15) is 0 Å². The van der Waals surface area contributed by atoms with Crippen molar-refractivity contribution < 1.29 is 0 Å². The molecule has 0 saturated carbocycles. The van der Waals surface area contributed by atoms with Crippen LogP contribution in [0.15, 0.2) is 48.5 Å². The lowest BCUT2D eigenvalue weighted by atomic mass is 10.1. The number of anilines is 1. The highest BCUT2D eigenvalue weighted by Gasteiger charge is 2.23. The van der Waals surface area contributed by atoms with E-state index in [1.165, 1.54) is 11.3 Å². The largest absolute Gasteiger partial charge is 0.378 e. The lowest BCUT2D eigenvalue weighted by molar-refractivity contribution is 0.340. The molecule has 112 valence electrons. The zero-order valence-corrected chi connectivity index (χ0v) is 12.7. The number of para-hydroxylation sites is 2. The van der Waals surface area contributed by atoms with Crippen molar-refractivity contribution in [1.82, 2.24) is 20.4 Å². The van der Waals surface area contributed by atoms with Gasteiger partial charge < -0.3 is 9.47 Å². The molecule has 5 nitrogen and oxygen atoms in total. The SMILES string of the molecule is CN(C)c1ccc(C2NNCc3nc4ccccc4n32)cc1. The molecule has 2 heterocycles. The number of benzene rings is 2. The van der Waals surface area contributed by atoms with E-state index in [1.807, 2.05) is 6.07 Å². The second kappa shape index (κ2) is 5.12. The predicted molar refractivity (Wildman–Crippen MR) is 88.6 cm³/mol. The molecule has 1 aliphatic heterocycles. The number of hydrogen-bond acceptors (Lipinski definition) is 4. The molecule has 0 bridgehead atoms. The van der Waals surface area contributed by atoms with E-state index >= 15 is 0 Å². The zero-order valence-electron chi connectivity index (χ0n) is 12.7. The molecule has 2 N–H and O–H groups in total. The molecule has 0 fully saturated rings. The number of fused-ring (bicyclic) bond motifs is 3. The van der Waals surface area contributed by atoms with E-state index in [0.717, 1.165) is 23.4 Å². The van der Waals surface area contributed by atoms with E-state index in [1.54, 1.807) is 0 Å². The number of nitrogens with one attached hydrogen (secondary N) is 2. The van der Waals surface area contributed by atoms with Gasteiger partial charge in [0.05, 0.1) is 17.6 Å². The number of hydrogen-bond donors (Lipinski definition) is 2. The fourth-order valence-electron chi connectivity index (χ4n) is 2.99. The summed E-state index contributed by atoms with van der Waals surface area (Å²) in [6.07, 6.45) is 0.0485. The molecule has 0 saturated heterocycles. The third-order valence-corrected chi connectivity index (χ3v) is 4.14. The maximum absolute atomic E-state index is 4.73. The molecule has 3 aromatic rings. The maximum Gasteiger partial charge on any atom is 0.126 e. The summed E-state index contributed by atoms with van der Waals surface area (Å²) in [5, 5.41) is 0. The van der Waals surface area contributed by atoms with Crippen LogP contribution in [0.2, 0.25) is 0 Å². The predicted octanol–water partition coefficient (Wildman–Crippen LogP) is 2.26. The highest BCUT2D eigenvalue weighted by atomic mass is 15.5. The number of imidazole rings is 1. The van der Waals surface area contributed by atoms with Crippen molar-refractivity contribution in [3.05, 3.63) is 59.9 Å². The minimum absolute atomic E-state index is 0.0485. The Balaban J connectivity index is 1.81. The van der Waals surface area contributed by atoms with Crippen molar-refractivity contribution in [2.45, 2.75) is 12.7 Å². The van der Waals surface area contributed by atoms with Gasteiger partial charge in [0.2, 0.25) is 0 Å². The fourth-order valence-corrected chi connectivity index (χ4v) is 2.99. The molecule has 5 heteroatoms. The van der Waals surface area contributed by atoms with Gasteiger partial charge in [0.25, 0.3) is 0 Å². The van der Waals surface area contributed by atoms with Crippen LogP contribution in [0.3, 0.4) is 0 Å². The summed E-state index contributed by atoms with van der Waals surface area (Å²) in [5.41, 5.74) is 11.2. The standard InChI is InChI=1S/C17H19N5/c1-21(2)13-9-7-12(8-10-13)17-20-18-11-16-19-14-5-3-4-6-15(14)22(16)17/h3-10,17-18,20H,11H2,1-2H3. The molecule has 22 heavy (non-hydrogen) atoms. The molecule has 0 radical (unpaired) electrons. The molecule has 1 atom stereocenters. The van der Waals surface area contributed by atoms with Crippen molar-refractivity contribution in [3.8, 4) is 0 Å². The van der Waals surface area contributed by atoms with Crippen LogP contribution in [-0.2, 0) is 6.54 Å². The summed E-state index contributed by atoms with van der Waals surface area (Å²) in [5.74, 6) is 1.06. The Hall–Kier alpha value is -2.37. The molecular formula is C17H19N5. The third-order valence-electron chi connectivity index (χ3n) is 4.14. The quantitative estimate of drug-likeness (QED) is 0.761. The lowest BCUT2D eigenvalue weighted by Gasteiger charge is -2.28. The molecule has 0 aliphatic carbocycles. The first-order valence-corrected chi connectivity index (χ1v) is 7.45. The molecule has 1 aliphatic rings. The van der Waals surface area contributed by atoms with E-state index in [4.69, 9.17) is 4.98 Å². The Morgan fingerprint density at radius 3 is 2.64 bits per heavy atom. The molecular weight excluding hydrogens is 274 g/mol. The summed E-state index contributed by atoms with van der Waals surface area (Å²) in [4.78, 5) is 6.83. The minimum Gasteiger partial charge on any atom is -0.378 e. The third kappa shape index (κ3) is 2.06. The number of rotatable bonds is 2. The summed E-state index contributed by atoms with van der Waals surface area (Å²) in [7, 11) is 4.10. The summed E-state index contributed by atoms with van der Waals surface area (Å²) < 4.78 is 2.27. The normalized spacial score (nSPS) is 17.5. The van der Waals surface area contributed by atoms with Crippen LogP contribution in [0.1, 0.15) is 17.6 Å². The van der Waals surface area contributed by atoms with Crippen LogP contribution >= 0.6 is 0 Å². The number of aromatic nitrogens is 2. The van der Waals surface area contributed by atoms with Gasteiger partial charge in [0.15, 0.2) is 0 Å². The minimum atomic E-state index is 0.0485. The first-order valence-electron chi connectivity index (χ1n) is 7.45. The van der Waals surface area contributed by atoms with Gasteiger partial charge in [-0.1, -0.05) is 24.3 Å². The first kappa shape index (κ1) is 13.3. The lowest BCUT2D eigenvalue weighted by Crippen LogP contribution is -2.44. The highest BCUT2D eigenvalue weighted by Crippen LogP contribution is 2.27. The van der Waals surface area contributed by atoms with Gasteiger partial charge in [-0.05, 0) is 29.8 Å². The summed E-state index contributed by atoms with van der Waals surface area (Å²) >= 11 is 0. The Morgan fingerprint density at radius 1 is 1.09 bits per heavy atom. The van der Waals surface area contributed by atoms with Gasteiger partial charge in [-0.2, -0.15) is 0 Å². The Bertz CT molecular complexity index is 804. The molecule has 4 rings (SSSR count). The second-order valence-electron chi connectivity index (χ2n) is 5.77. The molecule has 0 spiro atoms. The van der Waals surface area contributed by atoms with E-state index in [0.29, 0.717) is 0 Å². The van der Waals surface area contributed by atoms with Crippen molar-refractivity contribution in [3.63, 3.8) is 0 Å². The fraction of sp³-hybridized carbons (Fsp3) is 0.235. The smallest absolute Gasteiger partial charge is 0.126 e. The average molecular weight is 293 g/mol. The summed E-state index contributed by atoms with van der Waals surface area (Å²) in [6, 6.07) is 16.9. The zero-order chi connectivity index (χ0) is 15.1. The summed E-state index contributed by atoms with van der Waals surface area (Å²) in [6.45, 7) is 0.723. The number of nitrogens with zero attached hydrogens (tertiary/aromatic N) is 3. The van der Waals surface area contributed by atoms with Crippen molar-refractivity contribution in [2.24, 2.45) is 0 Å². The average Bonchev–Trinajstić information content (AvgIpc) is 2.93. The molecule has 0 amide bonds. The Kier molecular flexibility index (Phi) is 3.10. The Labute approximate surface area is 129 Å². The van der Waals surface area contributed by atoms with Crippen LogP contribution in [0, 0.1) is 0 Å². The van der Waals surface area contributed by atoms with Gasteiger partial charge in [-0.15, -0.1) is 0 Å². The monoisotopic (exact) mass is 293 g/mol. The van der Waals surface area contributed by atoms with Crippen LogP contribution in [0.25, 0.3) is 11.0 Å². The molecule has 2 aromatic carbocycles. The van der Waals surface area contributed by atoms with E-state index in [2.05, 4.69) is 76.9 Å². The van der Waals surface area contributed by atoms with Gasteiger partial charge in [-0.25, -0.2) is 15.8 Å². The van der Waals surface area contributed by atoms with Gasteiger partial charge in [-0.3, -0.25) is 0 Å². The number of hydrazine groups is 1. The molecule has 1 unspecified atom stereocenters. The van der Waals surface area contributed by atoms with Gasteiger partial charge >= 0.3 is 0 Å². The van der Waals surface area contributed by atoms with Gasteiger partial charge in [0.1, 0.15) is 12.0 Å². The van der Waals surface area contributed by atoms with E-state index in [-0.39, 0.29) is 6.17 Å². The second-order valence-corrected chi connectivity index (χ2v) is 5.77. The van der Waals surface area contributed by atoms with Crippen LogP contribution in [-0.4, -0.2) is 23.6 Å².